The molecule has 5 heteroatoms. The van der Waals surface area contributed by atoms with Gasteiger partial charge in [-0.05, 0) is 41.3 Å². The van der Waals surface area contributed by atoms with Crippen LogP contribution in [-0.2, 0) is 17.6 Å². The maximum Gasteiger partial charge on any atom is 0.248 e. The molecule has 0 aromatic heterocycles. The molecular weight excluding hydrogens is 324 g/mol. The Morgan fingerprint density at radius 1 is 1.17 bits per heavy atom. The first-order valence-electron chi connectivity index (χ1n) is 8.08. The van der Waals surface area contributed by atoms with Crippen LogP contribution in [0.5, 0.6) is 5.75 Å². The van der Waals surface area contributed by atoms with Crippen LogP contribution in [0.1, 0.15) is 22.7 Å². The van der Waals surface area contributed by atoms with E-state index in [-0.39, 0.29) is 24.4 Å². The summed E-state index contributed by atoms with van der Waals surface area (Å²) < 4.78 is 5.54. The number of ether oxygens (including phenoxy) is 1. The van der Waals surface area contributed by atoms with Crippen LogP contribution in [0.4, 0.5) is 5.69 Å². The maximum absolute atomic E-state index is 13.0. The Kier molecular flexibility index (Phi) is 4.78. The normalized spacial score (nSPS) is 18.0. The SMILES string of the molecule is CN(C(=O)C1NCCc2ccccc21)c1ccc2c(c1)CCO2.Cl. The van der Waals surface area contributed by atoms with Crippen molar-refractivity contribution in [3.05, 3.63) is 59.2 Å². The van der Waals surface area contributed by atoms with Crippen LogP contribution in [0.15, 0.2) is 42.5 Å². The molecule has 2 aromatic carbocycles. The van der Waals surface area contributed by atoms with Crippen molar-refractivity contribution < 1.29 is 9.53 Å². The van der Waals surface area contributed by atoms with E-state index in [9.17, 15) is 4.79 Å². The number of nitrogens with zero attached hydrogens (tertiary/aromatic N) is 1. The second-order valence-corrected chi connectivity index (χ2v) is 6.12. The van der Waals surface area contributed by atoms with Crippen molar-refractivity contribution in [2.45, 2.75) is 18.9 Å². The first kappa shape index (κ1) is 16.8. The lowest BCUT2D eigenvalue weighted by Gasteiger charge is -2.29. The van der Waals surface area contributed by atoms with E-state index in [1.807, 2.05) is 31.3 Å². The molecule has 0 saturated heterocycles. The fourth-order valence-electron chi connectivity index (χ4n) is 3.43. The molecule has 1 N–H and O–H groups in total. The van der Waals surface area contributed by atoms with Gasteiger partial charge in [0, 0.05) is 25.7 Å². The molecular formula is C19H21ClN2O2. The van der Waals surface area contributed by atoms with E-state index in [1.54, 1.807) is 4.90 Å². The topological polar surface area (TPSA) is 41.6 Å². The molecule has 0 bridgehead atoms. The van der Waals surface area contributed by atoms with Gasteiger partial charge in [-0.3, -0.25) is 4.79 Å². The summed E-state index contributed by atoms with van der Waals surface area (Å²) in [5.74, 6) is 1.02. The number of amides is 1. The number of likely N-dealkylation sites (N-methyl/N-ethyl adjacent to an activating group) is 1. The van der Waals surface area contributed by atoms with Gasteiger partial charge in [-0.2, -0.15) is 0 Å². The van der Waals surface area contributed by atoms with Gasteiger partial charge in [-0.1, -0.05) is 24.3 Å². The highest BCUT2D eigenvalue weighted by atomic mass is 35.5. The van der Waals surface area contributed by atoms with Gasteiger partial charge < -0.3 is 15.0 Å². The van der Waals surface area contributed by atoms with Crippen molar-refractivity contribution in [3.8, 4) is 5.75 Å². The fraction of sp³-hybridized carbons (Fsp3) is 0.316. The first-order valence-corrected chi connectivity index (χ1v) is 8.08. The summed E-state index contributed by atoms with van der Waals surface area (Å²) in [6.07, 6.45) is 1.88. The zero-order valence-electron chi connectivity index (χ0n) is 13.6. The van der Waals surface area contributed by atoms with Crippen molar-refractivity contribution >= 4 is 24.0 Å². The highest BCUT2D eigenvalue weighted by Gasteiger charge is 2.29. The summed E-state index contributed by atoms with van der Waals surface area (Å²) in [6, 6.07) is 13.9. The molecule has 0 aliphatic carbocycles. The lowest BCUT2D eigenvalue weighted by Crippen LogP contribution is -2.42. The number of anilines is 1. The molecule has 4 nitrogen and oxygen atoms in total. The van der Waals surface area contributed by atoms with Gasteiger partial charge in [0.1, 0.15) is 11.8 Å². The zero-order valence-corrected chi connectivity index (χ0v) is 14.4. The number of hydrogen-bond acceptors (Lipinski definition) is 3. The molecule has 2 aliphatic heterocycles. The number of hydrogen-bond donors (Lipinski definition) is 1. The van der Waals surface area contributed by atoms with E-state index in [1.165, 1.54) is 11.1 Å². The lowest BCUT2D eigenvalue weighted by molar-refractivity contribution is -0.120. The van der Waals surface area contributed by atoms with Crippen LogP contribution in [-0.4, -0.2) is 26.1 Å². The fourth-order valence-corrected chi connectivity index (χ4v) is 3.43. The number of nitrogens with one attached hydrogen (secondary N) is 1. The third-order valence-electron chi connectivity index (χ3n) is 4.75. The third-order valence-corrected chi connectivity index (χ3v) is 4.75. The Morgan fingerprint density at radius 3 is 2.88 bits per heavy atom. The summed E-state index contributed by atoms with van der Waals surface area (Å²) >= 11 is 0. The van der Waals surface area contributed by atoms with Gasteiger partial charge >= 0.3 is 0 Å². The van der Waals surface area contributed by atoms with E-state index < -0.39 is 0 Å². The van der Waals surface area contributed by atoms with Crippen molar-refractivity contribution in [2.75, 3.05) is 25.1 Å². The van der Waals surface area contributed by atoms with E-state index >= 15 is 0 Å². The molecule has 1 amide bonds. The molecule has 4 rings (SSSR count). The van der Waals surface area contributed by atoms with Crippen LogP contribution in [0.25, 0.3) is 0 Å². The Balaban J connectivity index is 0.00000169. The maximum atomic E-state index is 13.0. The summed E-state index contributed by atoms with van der Waals surface area (Å²) in [6.45, 7) is 1.56. The Hall–Kier alpha value is -2.04. The third kappa shape index (κ3) is 2.87. The monoisotopic (exact) mass is 344 g/mol. The number of carbonyl (C=O) groups is 1. The van der Waals surface area contributed by atoms with E-state index in [2.05, 4.69) is 23.5 Å². The lowest BCUT2D eigenvalue weighted by atomic mass is 9.93. The average Bonchev–Trinajstić information content (AvgIpc) is 3.07. The molecule has 126 valence electrons. The standard InChI is InChI=1S/C19H20N2O2.ClH/c1-21(15-6-7-17-14(12-15)9-11-23-17)19(22)18-16-5-3-2-4-13(16)8-10-20-18;/h2-7,12,18,20H,8-11H2,1H3;1H. The summed E-state index contributed by atoms with van der Waals surface area (Å²) in [5.41, 5.74) is 4.46. The second-order valence-electron chi connectivity index (χ2n) is 6.12. The minimum atomic E-state index is -0.269. The van der Waals surface area contributed by atoms with Gasteiger partial charge in [-0.15, -0.1) is 12.4 Å². The summed E-state index contributed by atoms with van der Waals surface area (Å²) in [4.78, 5) is 14.7. The molecule has 0 saturated carbocycles. The molecule has 1 atom stereocenters. The number of fused-ring (bicyclic) bond motifs is 2. The van der Waals surface area contributed by atoms with E-state index in [4.69, 9.17) is 4.74 Å². The van der Waals surface area contributed by atoms with Gasteiger partial charge in [0.05, 0.1) is 6.61 Å². The van der Waals surface area contributed by atoms with E-state index in [0.29, 0.717) is 0 Å². The van der Waals surface area contributed by atoms with Gasteiger partial charge in [0.2, 0.25) is 5.91 Å². The Morgan fingerprint density at radius 2 is 2.00 bits per heavy atom. The van der Waals surface area contributed by atoms with Gasteiger partial charge in [0.15, 0.2) is 0 Å². The zero-order chi connectivity index (χ0) is 15.8. The number of carbonyl (C=O) groups excluding carboxylic acids is 1. The van der Waals surface area contributed by atoms with Crippen molar-refractivity contribution in [1.29, 1.82) is 0 Å². The summed E-state index contributed by atoms with van der Waals surface area (Å²) in [7, 11) is 1.85. The molecule has 1 unspecified atom stereocenters. The minimum Gasteiger partial charge on any atom is -0.493 e. The first-order chi connectivity index (χ1) is 11.2. The predicted octanol–water partition coefficient (Wildman–Crippen LogP) is 2.89. The van der Waals surface area contributed by atoms with Crippen molar-refractivity contribution in [3.63, 3.8) is 0 Å². The van der Waals surface area contributed by atoms with Crippen molar-refractivity contribution in [1.82, 2.24) is 5.32 Å². The summed E-state index contributed by atoms with van der Waals surface area (Å²) in [5, 5.41) is 3.36. The molecule has 24 heavy (non-hydrogen) atoms. The predicted molar refractivity (Wildman–Crippen MR) is 97.2 cm³/mol. The smallest absolute Gasteiger partial charge is 0.248 e. The molecule has 0 radical (unpaired) electrons. The second kappa shape index (κ2) is 6.83. The van der Waals surface area contributed by atoms with Crippen LogP contribution < -0.4 is 15.0 Å². The highest BCUT2D eigenvalue weighted by molar-refractivity contribution is 5.97. The van der Waals surface area contributed by atoms with Crippen LogP contribution in [0, 0.1) is 0 Å². The number of benzene rings is 2. The van der Waals surface area contributed by atoms with Crippen LogP contribution in [0.3, 0.4) is 0 Å². The van der Waals surface area contributed by atoms with Crippen LogP contribution >= 0.6 is 12.4 Å². The number of rotatable bonds is 2. The van der Waals surface area contributed by atoms with Crippen molar-refractivity contribution in [2.24, 2.45) is 0 Å². The molecule has 2 aliphatic rings. The van der Waals surface area contributed by atoms with Gasteiger partial charge in [-0.25, -0.2) is 0 Å². The Labute approximate surface area is 148 Å². The minimum absolute atomic E-state index is 0. The average molecular weight is 345 g/mol. The Bertz CT molecular complexity index is 763. The van der Waals surface area contributed by atoms with Gasteiger partial charge in [0.25, 0.3) is 0 Å². The molecule has 2 heterocycles. The number of halogens is 1. The van der Waals surface area contributed by atoms with E-state index in [0.717, 1.165) is 43.0 Å². The molecule has 2 aromatic rings. The molecule has 0 spiro atoms. The largest absolute Gasteiger partial charge is 0.493 e. The quantitative estimate of drug-likeness (QED) is 0.910. The highest BCUT2D eigenvalue weighted by Crippen LogP contribution is 2.31. The van der Waals surface area contributed by atoms with Crippen LogP contribution in [0.2, 0.25) is 0 Å². The molecule has 0 fully saturated rings.